The summed E-state index contributed by atoms with van der Waals surface area (Å²) in [5, 5.41) is 8.24. The molecule has 0 saturated carbocycles. The highest BCUT2D eigenvalue weighted by Gasteiger charge is 2.29. The Hall–Kier alpha value is -0.830. The molecule has 3 heteroatoms. The minimum Gasteiger partial charge on any atom is -0.311 e. The van der Waals surface area contributed by atoms with E-state index in [2.05, 4.69) is 37.4 Å². The van der Waals surface area contributed by atoms with Crippen LogP contribution in [0.3, 0.4) is 0 Å². The van der Waals surface area contributed by atoms with Crippen LogP contribution >= 0.6 is 0 Å². The zero-order chi connectivity index (χ0) is 12.3. The van der Waals surface area contributed by atoms with Gasteiger partial charge >= 0.3 is 0 Å². The first kappa shape index (κ1) is 12.6. The first-order valence-corrected chi connectivity index (χ1v) is 6.90. The van der Waals surface area contributed by atoms with E-state index in [1.807, 2.05) is 4.68 Å². The molecule has 1 aliphatic heterocycles. The molecule has 17 heavy (non-hydrogen) atoms. The van der Waals surface area contributed by atoms with Crippen molar-refractivity contribution in [3.63, 3.8) is 0 Å². The molecule has 0 spiro atoms. The summed E-state index contributed by atoms with van der Waals surface area (Å²) in [5.74, 6) is 0. The van der Waals surface area contributed by atoms with Crippen molar-refractivity contribution in [3.8, 4) is 0 Å². The predicted molar refractivity (Wildman–Crippen MR) is 71.1 cm³/mol. The molecule has 1 fully saturated rings. The molecule has 1 N–H and O–H groups in total. The van der Waals surface area contributed by atoms with Crippen LogP contribution in [0.5, 0.6) is 0 Å². The Kier molecular flexibility index (Phi) is 3.87. The monoisotopic (exact) mass is 235 g/mol. The Morgan fingerprint density at radius 3 is 2.88 bits per heavy atom. The van der Waals surface area contributed by atoms with Gasteiger partial charge in [-0.3, -0.25) is 4.68 Å². The number of hydrogen-bond acceptors (Lipinski definition) is 2. The lowest BCUT2D eigenvalue weighted by atomic mass is 9.86. The summed E-state index contributed by atoms with van der Waals surface area (Å²) in [7, 11) is 2.06. The number of aryl methyl sites for hydroxylation is 2. The van der Waals surface area contributed by atoms with E-state index < -0.39 is 0 Å². The topological polar surface area (TPSA) is 29.9 Å². The van der Waals surface area contributed by atoms with Crippen molar-refractivity contribution in [3.05, 3.63) is 17.5 Å². The second kappa shape index (κ2) is 5.21. The number of aromatic nitrogens is 2. The van der Waals surface area contributed by atoms with Crippen molar-refractivity contribution >= 4 is 0 Å². The van der Waals surface area contributed by atoms with Gasteiger partial charge in [0.2, 0.25) is 0 Å². The van der Waals surface area contributed by atoms with Crippen LogP contribution in [0.4, 0.5) is 0 Å². The Morgan fingerprint density at radius 1 is 1.41 bits per heavy atom. The van der Waals surface area contributed by atoms with Crippen LogP contribution in [0, 0.1) is 6.92 Å². The molecule has 2 heterocycles. The summed E-state index contributed by atoms with van der Waals surface area (Å²) < 4.78 is 2.04. The standard InChI is InChI=1S/C14H25N3/c1-4-14(8-6-5-7-9-15-14)11-13-10-12(2)16-17(13)3/h10,15H,4-9,11H2,1-3H3. The zero-order valence-corrected chi connectivity index (χ0v) is 11.4. The van der Waals surface area contributed by atoms with Gasteiger partial charge in [0.15, 0.2) is 0 Å². The van der Waals surface area contributed by atoms with Gasteiger partial charge < -0.3 is 5.32 Å². The van der Waals surface area contributed by atoms with Gasteiger partial charge in [-0.1, -0.05) is 19.8 Å². The Morgan fingerprint density at radius 2 is 2.24 bits per heavy atom. The first-order chi connectivity index (χ1) is 8.15. The first-order valence-electron chi connectivity index (χ1n) is 6.90. The molecule has 0 aromatic carbocycles. The Labute approximate surface area is 105 Å². The average molecular weight is 235 g/mol. The molecule has 1 unspecified atom stereocenters. The fraction of sp³-hybridized carbons (Fsp3) is 0.786. The van der Waals surface area contributed by atoms with E-state index in [0.29, 0.717) is 5.54 Å². The van der Waals surface area contributed by atoms with E-state index in [4.69, 9.17) is 0 Å². The van der Waals surface area contributed by atoms with Crippen LogP contribution in [0.1, 0.15) is 50.4 Å². The number of hydrogen-bond donors (Lipinski definition) is 1. The van der Waals surface area contributed by atoms with Crippen LogP contribution < -0.4 is 5.32 Å². The van der Waals surface area contributed by atoms with Crippen LogP contribution in [-0.2, 0) is 13.5 Å². The molecule has 0 radical (unpaired) electrons. The van der Waals surface area contributed by atoms with Gasteiger partial charge in [-0.25, -0.2) is 0 Å². The molecule has 96 valence electrons. The van der Waals surface area contributed by atoms with Gasteiger partial charge in [0.25, 0.3) is 0 Å². The highest BCUT2D eigenvalue weighted by Crippen LogP contribution is 2.26. The lowest BCUT2D eigenvalue weighted by Gasteiger charge is -2.33. The minimum absolute atomic E-state index is 0.302. The van der Waals surface area contributed by atoms with Gasteiger partial charge in [0, 0.05) is 24.7 Å². The summed E-state index contributed by atoms with van der Waals surface area (Å²) in [6, 6.07) is 2.23. The molecule has 1 aromatic rings. The molecule has 0 bridgehead atoms. The number of nitrogens with zero attached hydrogens (tertiary/aromatic N) is 2. The maximum Gasteiger partial charge on any atom is 0.0596 e. The SMILES string of the molecule is CCC1(Cc2cc(C)nn2C)CCCCCN1. The summed E-state index contributed by atoms with van der Waals surface area (Å²) in [4.78, 5) is 0. The second-order valence-electron chi connectivity index (χ2n) is 5.45. The Balaban J connectivity index is 2.15. The molecule has 0 amide bonds. The molecule has 2 rings (SSSR count). The van der Waals surface area contributed by atoms with Gasteiger partial charge in [-0.05, 0) is 38.8 Å². The highest BCUT2D eigenvalue weighted by atomic mass is 15.3. The molecular formula is C14H25N3. The lowest BCUT2D eigenvalue weighted by molar-refractivity contribution is 0.296. The molecule has 1 aromatic heterocycles. The van der Waals surface area contributed by atoms with Crippen LogP contribution in [-0.4, -0.2) is 21.9 Å². The lowest BCUT2D eigenvalue weighted by Crippen LogP contribution is -2.46. The maximum absolute atomic E-state index is 4.45. The van der Waals surface area contributed by atoms with Crippen molar-refractivity contribution in [1.29, 1.82) is 0 Å². The normalized spacial score (nSPS) is 25.8. The van der Waals surface area contributed by atoms with Crippen molar-refractivity contribution in [2.45, 2.75) is 57.9 Å². The molecule has 0 aliphatic carbocycles. The van der Waals surface area contributed by atoms with Gasteiger partial charge in [0.05, 0.1) is 5.69 Å². The number of nitrogens with one attached hydrogen (secondary N) is 1. The van der Waals surface area contributed by atoms with Crippen LogP contribution in [0.2, 0.25) is 0 Å². The molecule has 1 aliphatic rings. The molecule has 1 saturated heterocycles. The van der Waals surface area contributed by atoms with E-state index in [0.717, 1.165) is 12.1 Å². The molecular weight excluding hydrogens is 210 g/mol. The predicted octanol–water partition coefficient (Wildman–Crippen LogP) is 2.58. The van der Waals surface area contributed by atoms with Crippen molar-refractivity contribution in [1.82, 2.24) is 15.1 Å². The zero-order valence-electron chi connectivity index (χ0n) is 11.4. The fourth-order valence-corrected chi connectivity index (χ4v) is 2.96. The average Bonchev–Trinajstić information content (AvgIpc) is 2.54. The molecule has 1 atom stereocenters. The van der Waals surface area contributed by atoms with Crippen molar-refractivity contribution < 1.29 is 0 Å². The van der Waals surface area contributed by atoms with E-state index in [9.17, 15) is 0 Å². The van der Waals surface area contributed by atoms with Crippen LogP contribution in [0.25, 0.3) is 0 Å². The van der Waals surface area contributed by atoms with Crippen molar-refractivity contribution in [2.24, 2.45) is 7.05 Å². The van der Waals surface area contributed by atoms with E-state index in [1.165, 1.54) is 44.3 Å². The Bertz CT molecular complexity index is 360. The van der Waals surface area contributed by atoms with Gasteiger partial charge in [-0.2, -0.15) is 5.10 Å². The quantitative estimate of drug-likeness (QED) is 0.872. The molecule has 3 nitrogen and oxygen atoms in total. The van der Waals surface area contributed by atoms with Gasteiger partial charge in [0.1, 0.15) is 0 Å². The third-order valence-corrected chi connectivity index (χ3v) is 4.13. The number of rotatable bonds is 3. The fourth-order valence-electron chi connectivity index (χ4n) is 2.96. The van der Waals surface area contributed by atoms with Gasteiger partial charge in [-0.15, -0.1) is 0 Å². The van der Waals surface area contributed by atoms with Crippen molar-refractivity contribution in [2.75, 3.05) is 6.54 Å². The summed E-state index contributed by atoms with van der Waals surface area (Å²) in [5.41, 5.74) is 2.79. The highest BCUT2D eigenvalue weighted by molar-refractivity contribution is 5.13. The largest absolute Gasteiger partial charge is 0.311 e. The van der Waals surface area contributed by atoms with Crippen LogP contribution in [0.15, 0.2) is 6.07 Å². The maximum atomic E-state index is 4.45. The third-order valence-electron chi connectivity index (χ3n) is 4.13. The van der Waals surface area contributed by atoms with E-state index in [-0.39, 0.29) is 0 Å². The summed E-state index contributed by atoms with van der Waals surface area (Å²) in [6.07, 6.45) is 7.68. The minimum atomic E-state index is 0.302. The summed E-state index contributed by atoms with van der Waals surface area (Å²) >= 11 is 0. The second-order valence-corrected chi connectivity index (χ2v) is 5.45. The third kappa shape index (κ3) is 2.89. The summed E-state index contributed by atoms with van der Waals surface area (Å²) in [6.45, 7) is 5.55. The van der Waals surface area contributed by atoms with E-state index >= 15 is 0 Å². The smallest absolute Gasteiger partial charge is 0.0596 e. The van der Waals surface area contributed by atoms with E-state index in [1.54, 1.807) is 0 Å².